The lowest BCUT2D eigenvalue weighted by Gasteiger charge is -2.26. The van der Waals surface area contributed by atoms with Crippen LogP contribution in [0.3, 0.4) is 0 Å². The van der Waals surface area contributed by atoms with Gasteiger partial charge < -0.3 is 9.30 Å². The molecule has 1 aliphatic rings. The maximum absolute atomic E-state index is 5.77. The third-order valence-electron chi connectivity index (χ3n) is 4.53. The summed E-state index contributed by atoms with van der Waals surface area (Å²) < 4.78 is 8.15. The van der Waals surface area contributed by atoms with Crippen LogP contribution in [0, 0.1) is 6.92 Å². The first-order valence-corrected chi connectivity index (χ1v) is 7.59. The summed E-state index contributed by atoms with van der Waals surface area (Å²) in [6, 6.07) is 17.2. The minimum atomic E-state index is 0.533. The quantitative estimate of drug-likeness (QED) is 0.672. The fraction of sp³-hybridized carbons (Fsp3) is 0.263. The zero-order valence-corrected chi connectivity index (χ0v) is 12.3. The molecule has 21 heavy (non-hydrogen) atoms. The van der Waals surface area contributed by atoms with Gasteiger partial charge in [0, 0.05) is 29.6 Å². The summed E-state index contributed by atoms with van der Waals surface area (Å²) in [5, 5.41) is 1.36. The monoisotopic (exact) mass is 277 g/mol. The lowest BCUT2D eigenvalue weighted by atomic mass is 9.93. The molecule has 0 fully saturated rings. The number of fused-ring (bicyclic) bond motifs is 2. The third-order valence-corrected chi connectivity index (χ3v) is 4.53. The van der Waals surface area contributed by atoms with Gasteiger partial charge in [0.1, 0.15) is 5.75 Å². The summed E-state index contributed by atoms with van der Waals surface area (Å²) in [7, 11) is 0. The molecule has 106 valence electrons. The Hall–Kier alpha value is -2.22. The molecule has 1 aromatic heterocycles. The van der Waals surface area contributed by atoms with Crippen LogP contribution in [0.15, 0.2) is 54.7 Å². The maximum atomic E-state index is 5.77. The number of para-hydroxylation sites is 1. The molecule has 0 bridgehead atoms. The Balaban J connectivity index is 1.71. The van der Waals surface area contributed by atoms with Crippen LogP contribution in [0.25, 0.3) is 10.9 Å². The van der Waals surface area contributed by atoms with E-state index < -0.39 is 0 Å². The van der Waals surface area contributed by atoms with Gasteiger partial charge in [0.25, 0.3) is 0 Å². The van der Waals surface area contributed by atoms with Crippen LogP contribution in [-0.4, -0.2) is 11.2 Å². The zero-order valence-electron chi connectivity index (χ0n) is 12.3. The molecule has 1 unspecified atom stereocenters. The number of nitrogens with zero attached hydrogens (tertiary/aromatic N) is 1. The number of ether oxygens (including phenoxy) is 1. The number of rotatable bonds is 2. The SMILES string of the molecule is Cc1cccc2c1ccn2CC1CCOc2ccccc21. The van der Waals surface area contributed by atoms with Gasteiger partial charge in [-0.05, 0) is 42.7 Å². The van der Waals surface area contributed by atoms with Crippen LogP contribution in [0.1, 0.15) is 23.5 Å². The minimum absolute atomic E-state index is 0.533. The second-order valence-electron chi connectivity index (χ2n) is 5.85. The van der Waals surface area contributed by atoms with Crippen LogP contribution >= 0.6 is 0 Å². The number of hydrogen-bond donors (Lipinski definition) is 0. The minimum Gasteiger partial charge on any atom is -0.493 e. The van der Waals surface area contributed by atoms with E-state index in [1.54, 1.807) is 0 Å². The average Bonchev–Trinajstić information content (AvgIpc) is 2.92. The highest BCUT2D eigenvalue weighted by Crippen LogP contribution is 2.35. The van der Waals surface area contributed by atoms with Crippen LogP contribution < -0.4 is 4.74 Å². The predicted octanol–water partition coefficient (Wildman–Crippen LogP) is 4.52. The molecule has 1 aliphatic heterocycles. The number of benzene rings is 2. The van der Waals surface area contributed by atoms with E-state index >= 15 is 0 Å². The summed E-state index contributed by atoms with van der Waals surface area (Å²) in [6.45, 7) is 4.02. The summed E-state index contributed by atoms with van der Waals surface area (Å²) in [5.41, 5.74) is 4.02. The maximum Gasteiger partial charge on any atom is 0.122 e. The van der Waals surface area contributed by atoms with E-state index in [9.17, 15) is 0 Å². The third kappa shape index (κ3) is 2.11. The van der Waals surface area contributed by atoms with Crippen LogP contribution in [0.5, 0.6) is 5.75 Å². The van der Waals surface area contributed by atoms with Crippen molar-refractivity contribution >= 4 is 10.9 Å². The van der Waals surface area contributed by atoms with Gasteiger partial charge in [-0.15, -0.1) is 0 Å². The van der Waals surface area contributed by atoms with Crippen molar-refractivity contribution in [2.45, 2.75) is 25.8 Å². The van der Waals surface area contributed by atoms with Crippen molar-refractivity contribution in [3.8, 4) is 5.75 Å². The molecule has 1 atom stereocenters. The van der Waals surface area contributed by atoms with E-state index in [4.69, 9.17) is 4.74 Å². The molecule has 3 aromatic rings. The number of hydrogen-bond acceptors (Lipinski definition) is 1. The van der Waals surface area contributed by atoms with Crippen molar-refractivity contribution in [3.05, 3.63) is 65.9 Å². The van der Waals surface area contributed by atoms with Crippen molar-refractivity contribution in [2.24, 2.45) is 0 Å². The molecule has 2 aromatic carbocycles. The van der Waals surface area contributed by atoms with Crippen molar-refractivity contribution in [1.29, 1.82) is 0 Å². The van der Waals surface area contributed by atoms with Gasteiger partial charge in [-0.25, -0.2) is 0 Å². The van der Waals surface area contributed by atoms with Gasteiger partial charge in [0.05, 0.1) is 6.61 Å². The Kier molecular flexibility index (Phi) is 2.95. The largest absolute Gasteiger partial charge is 0.493 e. The summed E-state index contributed by atoms with van der Waals surface area (Å²) >= 11 is 0. The Bertz CT molecular complexity index is 787. The summed E-state index contributed by atoms with van der Waals surface area (Å²) in [6.07, 6.45) is 3.30. The smallest absolute Gasteiger partial charge is 0.122 e. The van der Waals surface area contributed by atoms with Gasteiger partial charge in [-0.1, -0.05) is 30.3 Å². The zero-order chi connectivity index (χ0) is 14.2. The number of aryl methyl sites for hydroxylation is 1. The summed E-state index contributed by atoms with van der Waals surface area (Å²) in [5.74, 6) is 1.59. The van der Waals surface area contributed by atoms with Crippen molar-refractivity contribution in [3.63, 3.8) is 0 Å². The van der Waals surface area contributed by atoms with E-state index in [2.05, 4.69) is 66.2 Å². The Morgan fingerprint density at radius 1 is 1.10 bits per heavy atom. The average molecular weight is 277 g/mol. The highest BCUT2D eigenvalue weighted by molar-refractivity contribution is 5.83. The van der Waals surface area contributed by atoms with Crippen LogP contribution in [-0.2, 0) is 6.54 Å². The molecule has 4 rings (SSSR count). The lowest BCUT2D eigenvalue weighted by molar-refractivity contribution is 0.259. The molecule has 0 N–H and O–H groups in total. The van der Waals surface area contributed by atoms with Gasteiger partial charge in [-0.3, -0.25) is 0 Å². The fourth-order valence-electron chi connectivity index (χ4n) is 3.38. The van der Waals surface area contributed by atoms with E-state index in [0.717, 1.165) is 25.3 Å². The Labute approximate surface area is 125 Å². The first-order chi connectivity index (χ1) is 10.3. The molecule has 2 heterocycles. The second-order valence-corrected chi connectivity index (χ2v) is 5.85. The molecule has 2 heteroatoms. The molecule has 0 saturated heterocycles. The molecule has 0 amide bonds. The van der Waals surface area contributed by atoms with Gasteiger partial charge >= 0.3 is 0 Å². The van der Waals surface area contributed by atoms with Crippen molar-refractivity contribution in [1.82, 2.24) is 4.57 Å². The second kappa shape index (κ2) is 4.96. The topological polar surface area (TPSA) is 14.2 Å². The van der Waals surface area contributed by atoms with Crippen molar-refractivity contribution < 1.29 is 4.74 Å². The number of aromatic nitrogens is 1. The van der Waals surface area contributed by atoms with Crippen LogP contribution in [0.4, 0.5) is 0 Å². The first-order valence-electron chi connectivity index (χ1n) is 7.59. The Morgan fingerprint density at radius 2 is 2.00 bits per heavy atom. The lowest BCUT2D eigenvalue weighted by Crippen LogP contribution is -2.18. The van der Waals surface area contributed by atoms with Gasteiger partial charge in [0.2, 0.25) is 0 Å². The fourth-order valence-corrected chi connectivity index (χ4v) is 3.38. The highest BCUT2D eigenvalue weighted by atomic mass is 16.5. The summed E-state index contributed by atoms with van der Waals surface area (Å²) in [4.78, 5) is 0. The molecular weight excluding hydrogens is 258 g/mol. The van der Waals surface area contributed by atoms with E-state index in [-0.39, 0.29) is 0 Å². The first kappa shape index (κ1) is 12.5. The van der Waals surface area contributed by atoms with Crippen LogP contribution in [0.2, 0.25) is 0 Å². The normalized spacial score (nSPS) is 17.5. The molecular formula is C19H19NO. The molecule has 0 radical (unpaired) electrons. The Morgan fingerprint density at radius 3 is 2.95 bits per heavy atom. The van der Waals surface area contributed by atoms with Gasteiger partial charge in [-0.2, -0.15) is 0 Å². The van der Waals surface area contributed by atoms with E-state index in [1.165, 1.54) is 22.0 Å². The molecule has 0 spiro atoms. The van der Waals surface area contributed by atoms with Gasteiger partial charge in [0.15, 0.2) is 0 Å². The highest BCUT2D eigenvalue weighted by Gasteiger charge is 2.21. The molecule has 2 nitrogen and oxygen atoms in total. The molecule has 0 saturated carbocycles. The predicted molar refractivity (Wildman–Crippen MR) is 86.0 cm³/mol. The van der Waals surface area contributed by atoms with E-state index in [0.29, 0.717) is 5.92 Å². The van der Waals surface area contributed by atoms with Crippen molar-refractivity contribution in [2.75, 3.05) is 6.61 Å². The molecule has 0 aliphatic carbocycles. The standard InChI is InChI=1S/C19H19NO/c1-14-5-4-7-18-16(14)9-11-20(18)13-15-10-12-21-19-8-3-2-6-17(15)19/h2-9,11,15H,10,12-13H2,1H3. The van der Waals surface area contributed by atoms with E-state index in [1.807, 2.05) is 0 Å².